The molecule has 0 aromatic heterocycles. The number of amides is 1. The molecule has 0 saturated heterocycles. The lowest BCUT2D eigenvalue weighted by atomic mass is 10.1. The van der Waals surface area contributed by atoms with Crippen LogP contribution < -0.4 is 5.48 Å². The van der Waals surface area contributed by atoms with Crippen molar-refractivity contribution in [3.63, 3.8) is 0 Å². The van der Waals surface area contributed by atoms with Crippen LogP contribution in [-0.4, -0.2) is 13.0 Å². The summed E-state index contributed by atoms with van der Waals surface area (Å²) >= 11 is 0. The van der Waals surface area contributed by atoms with Gasteiger partial charge in [0.25, 0.3) is 0 Å². The van der Waals surface area contributed by atoms with Gasteiger partial charge in [-0.25, -0.2) is 5.48 Å². The third kappa shape index (κ3) is 11.4. The molecule has 0 spiro atoms. The maximum atomic E-state index is 9.78. The molecule has 0 aliphatic heterocycles. The molecule has 78 valence electrons. The van der Waals surface area contributed by atoms with Gasteiger partial charge >= 0.3 is 0 Å². The van der Waals surface area contributed by atoms with Crippen LogP contribution in [0.15, 0.2) is 0 Å². The van der Waals surface area contributed by atoms with Gasteiger partial charge in [-0.15, -0.1) is 0 Å². The van der Waals surface area contributed by atoms with E-state index >= 15 is 0 Å². The highest BCUT2D eigenvalue weighted by Crippen LogP contribution is 2.06. The number of hydrogen-bond donors (Lipinski definition) is 1. The van der Waals surface area contributed by atoms with Gasteiger partial charge in [-0.2, -0.15) is 0 Å². The molecular formula is C10H21NO2. The fraction of sp³-hybridized carbons (Fsp3) is 0.900. The molecular weight excluding hydrogens is 166 g/mol. The van der Waals surface area contributed by atoms with Gasteiger partial charge in [0.15, 0.2) is 0 Å². The van der Waals surface area contributed by atoms with Crippen LogP contribution in [0.3, 0.4) is 0 Å². The van der Waals surface area contributed by atoms with E-state index < -0.39 is 0 Å². The van der Waals surface area contributed by atoms with Gasteiger partial charge in [-0.05, 0) is 6.42 Å². The van der Waals surface area contributed by atoms with Crippen LogP contribution in [0.2, 0.25) is 0 Å². The Hall–Kier alpha value is -0.570. The number of hydroxylamine groups is 1. The molecule has 0 saturated carbocycles. The van der Waals surface area contributed by atoms with Crippen LogP contribution in [0.1, 0.15) is 51.9 Å². The second-order valence-electron chi connectivity index (χ2n) is 3.21. The van der Waals surface area contributed by atoms with E-state index in [2.05, 4.69) is 12.4 Å². The summed E-state index contributed by atoms with van der Waals surface area (Å²) in [6, 6.07) is 0. The van der Waals surface area contributed by atoms with Crippen molar-refractivity contribution in [2.45, 2.75) is 51.9 Å². The normalized spacial score (nSPS) is 9.92. The molecule has 0 fully saturated rings. The van der Waals surface area contributed by atoms with Crippen molar-refractivity contribution in [2.75, 3.05) is 6.61 Å². The zero-order valence-corrected chi connectivity index (χ0v) is 8.55. The highest BCUT2D eigenvalue weighted by molar-refractivity contribution is 5.43. The summed E-state index contributed by atoms with van der Waals surface area (Å²) in [6.07, 6.45) is 9.40. The van der Waals surface area contributed by atoms with Crippen molar-refractivity contribution in [3.8, 4) is 0 Å². The Balaban J connectivity index is 2.79. The topological polar surface area (TPSA) is 38.3 Å². The van der Waals surface area contributed by atoms with Crippen molar-refractivity contribution in [1.29, 1.82) is 0 Å². The van der Waals surface area contributed by atoms with Crippen molar-refractivity contribution < 1.29 is 9.63 Å². The number of rotatable bonds is 10. The first-order valence-electron chi connectivity index (χ1n) is 5.22. The van der Waals surface area contributed by atoms with E-state index in [0.29, 0.717) is 13.0 Å². The summed E-state index contributed by atoms with van der Waals surface area (Å²) in [4.78, 5) is 14.6. The average Bonchev–Trinajstić information content (AvgIpc) is 2.16. The second kappa shape index (κ2) is 11.4. The molecule has 0 radical (unpaired) electrons. The summed E-state index contributed by atoms with van der Waals surface area (Å²) < 4.78 is 0. The SMILES string of the molecule is CCCCCCCCCONC=O. The lowest BCUT2D eigenvalue weighted by Crippen LogP contribution is -2.12. The van der Waals surface area contributed by atoms with E-state index in [1.807, 2.05) is 0 Å². The first-order valence-corrected chi connectivity index (χ1v) is 5.22. The first-order chi connectivity index (χ1) is 6.41. The van der Waals surface area contributed by atoms with Crippen molar-refractivity contribution in [1.82, 2.24) is 5.48 Å². The minimum atomic E-state index is 0.557. The molecule has 0 rings (SSSR count). The van der Waals surface area contributed by atoms with Crippen LogP contribution in [0.4, 0.5) is 0 Å². The zero-order chi connectivity index (χ0) is 9.78. The van der Waals surface area contributed by atoms with E-state index in [9.17, 15) is 4.79 Å². The minimum absolute atomic E-state index is 0.557. The minimum Gasteiger partial charge on any atom is -0.277 e. The third-order valence-electron chi connectivity index (χ3n) is 1.98. The standard InChI is InChI=1S/C10H21NO2/c1-2-3-4-5-6-7-8-9-13-11-10-12/h10H,2-9H2,1H3,(H,11,12). The molecule has 0 atom stereocenters. The third-order valence-corrected chi connectivity index (χ3v) is 1.98. The highest BCUT2D eigenvalue weighted by Gasteiger charge is 1.90. The molecule has 1 amide bonds. The van der Waals surface area contributed by atoms with Gasteiger partial charge in [-0.1, -0.05) is 45.4 Å². The smallest absolute Gasteiger partial charge is 0.230 e. The summed E-state index contributed by atoms with van der Waals surface area (Å²) in [5.41, 5.74) is 2.18. The Bertz CT molecular complexity index is 107. The van der Waals surface area contributed by atoms with Crippen molar-refractivity contribution in [2.24, 2.45) is 0 Å². The quantitative estimate of drug-likeness (QED) is 0.324. The van der Waals surface area contributed by atoms with Gasteiger partial charge in [0, 0.05) is 0 Å². The lowest BCUT2D eigenvalue weighted by molar-refractivity contribution is -0.120. The molecule has 0 aliphatic carbocycles. The van der Waals surface area contributed by atoms with E-state index in [-0.39, 0.29) is 0 Å². The highest BCUT2D eigenvalue weighted by atomic mass is 16.6. The van der Waals surface area contributed by atoms with E-state index in [1.54, 1.807) is 0 Å². The van der Waals surface area contributed by atoms with Crippen LogP contribution in [0, 0.1) is 0 Å². The number of nitrogens with one attached hydrogen (secondary N) is 1. The predicted molar refractivity (Wildman–Crippen MR) is 53.1 cm³/mol. The fourth-order valence-corrected chi connectivity index (χ4v) is 1.22. The molecule has 1 N–H and O–H groups in total. The Morgan fingerprint density at radius 2 is 1.69 bits per heavy atom. The van der Waals surface area contributed by atoms with Crippen molar-refractivity contribution in [3.05, 3.63) is 0 Å². The van der Waals surface area contributed by atoms with Crippen molar-refractivity contribution >= 4 is 6.41 Å². The van der Waals surface area contributed by atoms with E-state index in [0.717, 1.165) is 6.42 Å². The molecule has 0 aliphatic rings. The summed E-state index contributed by atoms with van der Waals surface area (Å²) in [7, 11) is 0. The molecule has 13 heavy (non-hydrogen) atoms. The van der Waals surface area contributed by atoms with E-state index in [1.165, 1.54) is 38.5 Å². The maximum absolute atomic E-state index is 9.78. The average molecular weight is 187 g/mol. The summed E-state index contributed by atoms with van der Waals surface area (Å²) in [6.45, 7) is 2.85. The van der Waals surface area contributed by atoms with E-state index in [4.69, 9.17) is 4.84 Å². The number of unbranched alkanes of at least 4 members (excludes halogenated alkanes) is 6. The van der Waals surface area contributed by atoms with Gasteiger partial charge < -0.3 is 0 Å². The maximum Gasteiger partial charge on any atom is 0.230 e. The van der Waals surface area contributed by atoms with Crippen LogP contribution in [0.25, 0.3) is 0 Å². The molecule has 0 aromatic carbocycles. The molecule has 0 aromatic rings. The zero-order valence-electron chi connectivity index (χ0n) is 8.55. The molecule has 3 heteroatoms. The number of carbonyl (C=O) groups is 1. The van der Waals surface area contributed by atoms with Gasteiger partial charge in [0.05, 0.1) is 6.61 Å². The number of hydrogen-bond acceptors (Lipinski definition) is 2. The van der Waals surface area contributed by atoms with Gasteiger partial charge in [0.2, 0.25) is 6.41 Å². The Morgan fingerprint density at radius 1 is 1.08 bits per heavy atom. The molecule has 0 unspecified atom stereocenters. The fourth-order valence-electron chi connectivity index (χ4n) is 1.22. The number of carbonyl (C=O) groups excluding carboxylic acids is 1. The molecule has 0 heterocycles. The Kier molecular flexibility index (Phi) is 10.9. The van der Waals surface area contributed by atoms with Gasteiger partial charge in [0.1, 0.15) is 0 Å². The lowest BCUT2D eigenvalue weighted by Gasteiger charge is -2.01. The first kappa shape index (κ1) is 12.4. The largest absolute Gasteiger partial charge is 0.277 e. The molecule has 0 bridgehead atoms. The predicted octanol–water partition coefficient (Wildman–Crippen LogP) is 2.41. The Labute approximate surface area is 80.8 Å². The summed E-state index contributed by atoms with van der Waals surface area (Å²) in [5.74, 6) is 0. The Morgan fingerprint density at radius 3 is 2.31 bits per heavy atom. The van der Waals surface area contributed by atoms with Gasteiger partial charge in [-0.3, -0.25) is 9.63 Å². The summed E-state index contributed by atoms with van der Waals surface area (Å²) in [5, 5.41) is 0. The monoisotopic (exact) mass is 187 g/mol. The van der Waals surface area contributed by atoms with Crippen LogP contribution >= 0.6 is 0 Å². The van der Waals surface area contributed by atoms with Crippen LogP contribution in [-0.2, 0) is 9.63 Å². The second-order valence-corrected chi connectivity index (χ2v) is 3.21. The van der Waals surface area contributed by atoms with Crippen LogP contribution in [0.5, 0.6) is 0 Å². The molecule has 3 nitrogen and oxygen atoms in total.